The van der Waals surface area contributed by atoms with Crippen LogP contribution in [-0.2, 0) is 6.42 Å². The molecule has 0 bridgehead atoms. The second kappa shape index (κ2) is 7.48. The Bertz CT molecular complexity index is 588. The SMILES string of the molecule is CCOc1ccc(C(=O)COc2cccc(CC)c2)cc1. The number of carbonyl (C=O) groups is 1. The van der Waals surface area contributed by atoms with E-state index in [1.54, 1.807) is 24.3 Å². The van der Waals surface area contributed by atoms with Gasteiger partial charge in [-0.3, -0.25) is 4.79 Å². The summed E-state index contributed by atoms with van der Waals surface area (Å²) in [5.74, 6) is 1.46. The fourth-order valence-electron chi connectivity index (χ4n) is 1.99. The highest BCUT2D eigenvalue weighted by Gasteiger charge is 2.07. The average molecular weight is 284 g/mol. The Balaban J connectivity index is 1.94. The summed E-state index contributed by atoms with van der Waals surface area (Å²) in [6.45, 7) is 4.67. The highest BCUT2D eigenvalue weighted by molar-refractivity contribution is 5.97. The minimum Gasteiger partial charge on any atom is -0.494 e. The van der Waals surface area contributed by atoms with Gasteiger partial charge in [0.05, 0.1) is 6.61 Å². The molecule has 0 saturated carbocycles. The van der Waals surface area contributed by atoms with E-state index in [1.807, 2.05) is 31.2 Å². The zero-order chi connectivity index (χ0) is 15.1. The average Bonchev–Trinajstić information content (AvgIpc) is 2.54. The summed E-state index contributed by atoms with van der Waals surface area (Å²) in [6, 6.07) is 14.9. The van der Waals surface area contributed by atoms with Crippen molar-refractivity contribution in [1.82, 2.24) is 0 Å². The minimum atomic E-state index is -0.0417. The molecule has 0 aliphatic carbocycles. The number of ether oxygens (including phenoxy) is 2. The summed E-state index contributed by atoms with van der Waals surface area (Å²) in [6.07, 6.45) is 0.948. The summed E-state index contributed by atoms with van der Waals surface area (Å²) in [7, 11) is 0. The lowest BCUT2D eigenvalue weighted by Crippen LogP contribution is -2.11. The van der Waals surface area contributed by atoms with Crippen molar-refractivity contribution in [2.24, 2.45) is 0 Å². The first kappa shape index (κ1) is 15.1. The van der Waals surface area contributed by atoms with Crippen LogP contribution < -0.4 is 9.47 Å². The second-order valence-electron chi connectivity index (χ2n) is 4.67. The molecule has 0 N–H and O–H groups in total. The number of benzene rings is 2. The molecule has 0 unspecified atom stereocenters. The van der Waals surface area contributed by atoms with E-state index in [0.29, 0.717) is 12.2 Å². The van der Waals surface area contributed by atoms with Crippen molar-refractivity contribution in [2.75, 3.05) is 13.2 Å². The Kier molecular flexibility index (Phi) is 5.38. The molecule has 3 heteroatoms. The van der Waals surface area contributed by atoms with E-state index >= 15 is 0 Å². The van der Waals surface area contributed by atoms with E-state index in [2.05, 4.69) is 6.92 Å². The van der Waals surface area contributed by atoms with E-state index < -0.39 is 0 Å². The lowest BCUT2D eigenvalue weighted by molar-refractivity contribution is 0.0921. The molecule has 0 amide bonds. The van der Waals surface area contributed by atoms with Crippen molar-refractivity contribution >= 4 is 5.78 Å². The number of Topliss-reactive ketones (excluding diaryl/α,β-unsaturated/α-hetero) is 1. The van der Waals surface area contributed by atoms with Crippen molar-refractivity contribution in [3.8, 4) is 11.5 Å². The number of hydrogen-bond donors (Lipinski definition) is 0. The number of ketones is 1. The van der Waals surface area contributed by atoms with Crippen LogP contribution in [0.1, 0.15) is 29.8 Å². The number of carbonyl (C=O) groups excluding carboxylic acids is 1. The Morgan fingerprint density at radius 2 is 1.71 bits per heavy atom. The molecule has 3 nitrogen and oxygen atoms in total. The lowest BCUT2D eigenvalue weighted by atomic mass is 10.1. The van der Waals surface area contributed by atoms with Gasteiger partial charge in [-0.25, -0.2) is 0 Å². The third kappa shape index (κ3) is 4.35. The van der Waals surface area contributed by atoms with E-state index in [4.69, 9.17) is 9.47 Å². The Morgan fingerprint density at radius 3 is 2.38 bits per heavy atom. The molecule has 0 aromatic heterocycles. The van der Waals surface area contributed by atoms with Gasteiger partial charge in [0.1, 0.15) is 11.5 Å². The van der Waals surface area contributed by atoms with Crippen LogP contribution >= 0.6 is 0 Å². The molecular formula is C18H20O3. The van der Waals surface area contributed by atoms with E-state index in [-0.39, 0.29) is 12.4 Å². The molecule has 0 aliphatic heterocycles. The number of hydrogen-bond acceptors (Lipinski definition) is 3. The van der Waals surface area contributed by atoms with Gasteiger partial charge in [0.15, 0.2) is 12.4 Å². The van der Waals surface area contributed by atoms with E-state index in [0.717, 1.165) is 17.9 Å². The largest absolute Gasteiger partial charge is 0.494 e. The Morgan fingerprint density at radius 1 is 0.952 bits per heavy atom. The fraction of sp³-hybridized carbons (Fsp3) is 0.278. The first-order valence-electron chi connectivity index (χ1n) is 7.20. The van der Waals surface area contributed by atoms with Gasteiger partial charge < -0.3 is 9.47 Å². The molecule has 0 heterocycles. The third-order valence-corrected chi connectivity index (χ3v) is 3.16. The molecule has 0 aliphatic rings. The quantitative estimate of drug-likeness (QED) is 0.723. The maximum atomic E-state index is 12.1. The smallest absolute Gasteiger partial charge is 0.200 e. The summed E-state index contributed by atoms with van der Waals surface area (Å²) in [4.78, 5) is 12.1. The summed E-state index contributed by atoms with van der Waals surface area (Å²) < 4.78 is 10.9. The number of rotatable bonds is 7. The van der Waals surface area contributed by atoms with Gasteiger partial charge in [0, 0.05) is 5.56 Å². The van der Waals surface area contributed by atoms with Crippen molar-refractivity contribution in [3.05, 3.63) is 59.7 Å². The molecule has 0 radical (unpaired) electrons. The maximum Gasteiger partial charge on any atom is 0.200 e. The summed E-state index contributed by atoms with van der Waals surface area (Å²) >= 11 is 0. The van der Waals surface area contributed by atoms with Crippen LogP contribution in [0.3, 0.4) is 0 Å². The second-order valence-corrected chi connectivity index (χ2v) is 4.67. The van der Waals surface area contributed by atoms with Crippen LogP contribution in [0.2, 0.25) is 0 Å². The Labute approximate surface area is 125 Å². The van der Waals surface area contributed by atoms with Gasteiger partial charge >= 0.3 is 0 Å². The van der Waals surface area contributed by atoms with E-state index in [9.17, 15) is 4.79 Å². The van der Waals surface area contributed by atoms with Gasteiger partial charge in [-0.05, 0) is 55.3 Å². The predicted molar refractivity (Wildman–Crippen MR) is 83.3 cm³/mol. The van der Waals surface area contributed by atoms with Crippen molar-refractivity contribution in [1.29, 1.82) is 0 Å². The highest BCUT2D eigenvalue weighted by atomic mass is 16.5. The van der Waals surface area contributed by atoms with Crippen LogP contribution in [0.4, 0.5) is 0 Å². The zero-order valence-corrected chi connectivity index (χ0v) is 12.5. The first-order valence-corrected chi connectivity index (χ1v) is 7.20. The van der Waals surface area contributed by atoms with E-state index in [1.165, 1.54) is 5.56 Å². The molecule has 0 saturated heterocycles. The maximum absolute atomic E-state index is 12.1. The molecule has 2 aromatic carbocycles. The van der Waals surface area contributed by atoms with Crippen LogP contribution in [0.15, 0.2) is 48.5 Å². The van der Waals surface area contributed by atoms with Crippen molar-refractivity contribution < 1.29 is 14.3 Å². The van der Waals surface area contributed by atoms with Gasteiger partial charge in [-0.15, -0.1) is 0 Å². The van der Waals surface area contributed by atoms with Crippen molar-refractivity contribution in [3.63, 3.8) is 0 Å². The molecule has 2 aromatic rings. The number of aryl methyl sites for hydroxylation is 1. The molecule has 110 valence electrons. The summed E-state index contributed by atoms with van der Waals surface area (Å²) in [5, 5.41) is 0. The molecular weight excluding hydrogens is 264 g/mol. The predicted octanol–water partition coefficient (Wildman–Crippen LogP) is 3.91. The highest BCUT2D eigenvalue weighted by Crippen LogP contribution is 2.15. The topological polar surface area (TPSA) is 35.5 Å². The molecule has 2 rings (SSSR count). The zero-order valence-electron chi connectivity index (χ0n) is 12.5. The minimum absolute atomic E-state index is 0.0417. The van der Waals surface area contributed by atoms with Gasteiger partial charge in [0.25, 0.3) is 0 Å². The first-order chi connectivity index (χ1) is 10.2. The van der Waals surface area contributed by atoms with Gasteiger partial charge in [-0.1, -0.05) is 19.1 Å². The molecule has 0 atom stereocenters. The molecule has 21 heavy (non-hydrogen) atoms. The Hall–Kier alpha value is -2.29. The monoisotopic (exact) mass is 284 g/mol. The van der Waals surface area contributed by atoms with Crippen LogP contribution in [0.5, 0.6) is 11.5 Å². The van der Waals surface area contributed by atoms with Gasteiger partial charge in [-0.2, -0.15) is 0 Å². The van der Waals surface area contributed by atoms with Crippen molar-refractivity contribution in [2.45, 2.75) is 20.3 Å². The fourth-order valence-corrected chi connectivity index (χ4v) is 1.99. The third-order valence-electron chi connectivity index (χ3n) is 3.16. The normalized spacial score (nSPS) is 10.2. The van der Waals surface area contributed by atoms with Crippen LogP contribution in [-0.4, -0.2) is 19.0 Å². The van der Waals surface area contributed by atoms with Gasteiger partial charge in [0.2, 0.25) is 0 Å². The molecule has 0 spiro atoms. The van der Waals surface area contributed by atoms with Crippen LogP contribution in [0, 0.1) is 0 Å². The summed E-state index contributed by atoms with van der Waals surface area (Å²) in [5.41, 5.74) is 1.83. The van der Waals surface area contributed by atoms with Crippen LogP contribution in [0.25, 0.3) is 0 Å². The standard InChI is InChI=1S/C18H20O3/c1-3-14-6-5-7-17(12-14)21-13-18(19)15-8-10-16(11-9-15)20-4-2/h5-12H,3-4,13H2,1-2H3. The molecule has 0 fully saturated rings. The lowest BCUT2D eigenvalue weighted by Gasteiger charge is -2.08.